The van der Waals surface area contributed by atoms with Crippen LogP contribution in [0, 0.1) is 20.2 Å². The lowest BCUT2D eigenvalue weighted by molar-refractivity contribution is -0.394. The fourth-order valence-corrected chi connectivity index (χ4v) is 2.78. The predicted molar refractivity (Wildman–Crippen MR) is 94.1 cm³/mol. The van der Waals surface area contributed by atoms with Gasteiger partial charge in [-0.1, -0.05) is 37.3 Å². The van der Waals surface area contributed by atoms with Crippen LogP contribution in [0.4, 0.5) is 11.4 Å². The summed E-state index contributed by atoms with van der Waals surface area (Å²) in [6.07, 6.45) is 0.210. The minimum Gasteiger partial charge on any atom is -0.458 e. The highest BCUT2D eigenvalue weighted by molar-refractivity contribution is 5.91. The molecular weight excluding hydrogens is 340 g/mol. The third-order valence-corrected chi connectivity index (χ3v) is 4.09. The highest BCUT2D eigenvalue weighted by Crippen LogP contribution is 2.27. The van der Waals surface area contributed by atoms with Crippen molar-refractivity contribution in [3.05, 3.63) is 79.9 Å². The first-order chi connectivity index (χ1) is 12.3. The van der Waals surface area contributed by atoms with E-state index in [1.165, 1.54) is 0 Å². The quantitative estimate of drug-likeness (QED) is 0.415. The van der Waals surface area contributed by atoms with Crippen molar-refractivity contribution in [2.24, 2.45) is 0 Å². The fraction of sp³-hybridized carbons (Fsp3) is 0.278. The highest BCUT2D eigenvalue weighted by Gasteiger charge is 2.25. The van der Waals surface area contributed by atoms with Crippen LogP contribution in [0.1, 0.15) is 42.1 Å². The van der Waals surface area contributed by atoms with Gasteiger partial charge in [0.05, 0.1) is 21.5 Å². The van der Waals surface area contributed by atoms with E-state index in [9.17, 15) is 25.0 Å². The molecule has 0 radical (unpaired) electrons. The Labute approximate surface area is 149 Å². The number of esters is 1. The van der Waals surface area contributed by atoms with Gasteiger partial charge in [-0.2, -0.15) is 0 Å². The topological polar surface area (TPSA) is 113 Å². The van der Waals surface area contributed by atoms with Crippen LogP contribution in [0.3, 0.4) is 0 Å². The molecule has 2 rings (SSSR count). The number of rotatable bonds is 7. The Morgan fingerprint density at radius 2 is 1.58 bits per heavy atom. The van der Waals surface area contributed by atoms with Gasteiger partial charge in [0.15, 0.2) is 0 Å². The van der Waals surface area contributed by atoms with Crippen LogP contribution in [-0.2, 0) is 4.74 Å². The molecular formula is C18H18N2O6. The fourth-order valence-electron chi connectivity index (χ4n) is 2.78. The maximum Gasteiger partial charge on any atom is 0.338 e. The Balaban J connectivity index is 2.25. The van der Waals surface area contributed by atoms with Crippen LogP contribution in [0.2, 0.25) is 0 Å². The van der Waals surface area contributed by atoms with Gasteiger partial charge in [-0.15, -0.1) is 0 Å². The predicted octanol–water partition coefficient (Wildman–Crippen LogP) is 4.24. The second kappa shape index (κ2) is 8.19. The second-order valence-electron chi connectivity index (χ2n) is 5.79. The van der Waals surface area contributed by atoms with Gasteiger partial charge in [-0.05, 0) is 18.9 Å². The first-order valence-corrected chi connectivity index (χ1v) is 8.03. The van der Waals surface area contributed by atoms with Gasteiger partial charge in [-0.25, -0.2) is 4.79 Å². The van der Waals surface area contributed by atoms with Gasteiger partial charge < -0.3 is 4.74 Å². The Kier molecular flexibility index (Phi) is 6.00. The number of nitro groups is 2. The number of hydrogen-bond acceptors (Lipinski definition) is 6. The minimum atomic E-state index is -0.835. The average Bonchev–Trinajstić information content (AvgIpc) is 2.62. The zero-order valence-electron chi connectivity index (χ0n) is 14.3. The van der Waals surface area contributed by atoms with E-state index in [2.05, 4.69) is 0 Å². The molecule has 0 saturated heterocycles. The molecule has 0 aliphatic heterocycles. The molecule has 2 aromatic rings. The summed E-state index contributed by atoms with van der Waals surface area (Å²) < 4.78 is 5.43. The number of carbonyl (C=O) groups is 1. The zero-order valence-corrected chi connectivity index (χ0v) is 14.3. The lowest BCUT2D eigenvalue weighted by atomic mass is 9.92. The van der Waals surface area contributed by atoms with Crippen molar-refractivity contribution in [1.29, 1.82) is 0 Å². The number of non-ortho nitro benzene ring substituents is 2. The average molecular weight is 358 g/mol. The van der Waals surface area contributed by atoms with E-state index in [1.807, 2.05) is 37.3 Å². The largest absolute Gasteiger partial charge is 0.458 e. The van der Waals surface area contributed by atoms with Gasteiger partial charge in [0.1, 0.15) is 6.10 Å². The van der Waals surface area contributed by atoms with E-state index >= 15 is 0 Å². The molecule has 0 fully saturated rings. The van der Waals surface area contributed by atoms with Crippen LogP contribution in [0.15, 0.2) is 48.5 Å². The lowest BCUT2D eigenvalue weighted by Gasteiger charge is -2.23. The molecule has 0 N–H and O–H groups in total. The van der Waals surface area contributed by atoms with Crippen LogP contribution in [0.5, 0.6) is 0 Å². The summed E-state index contributed by atoms with van der Waals surface area (Å²) in [5.74, 6) is -0.896. The van der Waals surface area contributed by atoms with Gasteiger partial charge in [0.25, 0.3) is 11.4 Å². The number of hydrogen-bond donors (Lipinski definition) is 0. The minimum absolute atomic E-state index is 0.0613. The zero-order chi connectivity index (χ0) is 19.3. The third-order valence-electron chi connectivity index (χ3n) is 4.09. The van der Waals surface area contributed by atoms with Crippen molar-refractivity contribution in [3.8, 4) is 0 Å². The summed E-state index contributed by atoms with van der Waals surface area (Å²) in [5.41, 5.74) is -0.288. The Morgan fingerprint density at radius 1 is 1.04 bits per heavy atom. The maximum absolute atomic E-state index is 12.4. The molecule has 0 aromatic heterocycles. The number of ether oxygens (including phenoxy) is 1. The third kappa shape index (κ3) is 4.41. The smallest absolute Gasteiger partial charge is 0.338 e. The van der Waals surface area contributed by atoms with E-state index < -0.39 is 33.3 Å². The van der Waals surface area contributed by atoms with Gasteiger partial charge >= 0.3 is 5.97 Å². The highest BCUT2D eigenvalue weighted by atomic mass is 16.6. The standard InChI is InChI=1S/C18H18N2O6/c1-3-17(13-7-5-4-6-8-13)12(2)26-18(21)14-9-15(19(22)23)11-16(10-14)20(24)25/h4-12,17H,3H2,1-2H3. The van der Waals surface area contributed by atoms with E-state index in [4.69, 9.17) is 4.74 Å². The first-order valence-electron chi connectivity index (χ1n) is 8.03. The molecule has 2 aromatic carbocycles. The molecule has 0 spiro atoms. The maximum atomic E-state index is 12.4. The summed E-state index contributed by atoms with van der Waals surface area (Å²) in [5, 5.41) is 21.9. The Morgan fingerprint density at radius 3 is 2.04 bits per heavy atom. The molecule has 2 unspecified atom stereocenters. The molecule has 8 heteroatoms. The van der Waals surface area contributed by atoms with Crippen LogP contribution >= 0.6 is 0 Å². The molecule has 0 amide bonds. The Bertz CT molecular complexity index is 789. The van der Waals surface area contributed by atoms with Crippen molar-refractivity contribution in [3.63, 3.8) is 0 Å². The Hall–Kier alpha value is -3.29. The SMILES string of the molecule is CCC(c1ccccc1)C(C)OC(=O)c1cc([N+](=O)[O-])cc([N+](=O)[O-])c1. The monoisotopic (exact) mass is 358 g/mol. The van der Waals surface area contributed by atoms with Crippen molar-refractivity contribution in [2.45, 2.75) is 32.3 Å². The van der Waals surface area contributed by atoms with Crippen molar-refractivity contribution >= 4 is 17.3 Å². The second-order valence-corrected chi connectivity index (χ2v) is 5.79. The summed E-state index contributed by atoms with van der Waals surface area (Å²) in [6, 6.07) is 12.3. The number of carbonyl (C=O) groups excluding carboxylic acids is 1. The summed E-state index contributed by atoms with van der Waals surface area (Å²) in [4.78, 5) is 32.7. The van der Waals surface area contributed by atoms with Gasteiger partial charge in [0.2, 0.25) is 0 Å². The first kappa shape index (κ1) is 19.0. The van der Waals surface area contributed by atoms with Crippen LogP contribution < -0.4 is 0 Å². The number of benzene rings is 2. The molecule has 0 aliphatic rings. The van der Waals surface area contributed by atoms with Crippen LogP contribution in [-0.4, -0.2) is 21.9 Å². The lowest BCUT2D eigenvalue weighted by Crippen LogP contribution is -2.22. The van der Waals surface area contributed by atoms with Crippen molar-refractivity contribution < 1.29 is 19.4 Å². The normalized spacial score (nSPS) is 12.8. The summed E-state index contributed by atoms with van der Waals surface area (Å²) in [7, 11) is 0. The van der Waals surface area contributed by atoms with Crippen molar-refractivity contribution in [2.75, 3.05) is 0 Å². The van der Waals surface area contributed by atoms with E-state index in [0.29, 0.717) is 6.42 Å². The van der Waals surface area contributed by atoms with Gasteiger partial charge in [0, 0.05) is 18.1 Å². The molecule has 2 atom stereocenters. The van der Waals surface area contributed by atoms with Gasteiger partial charge in [-0.3, -0.25) is 20.2 Å². The van der Waals surface area contributed by atoms with Crippen molar-refractivity contribution in [1.82, 2.24) is 0 Å². The summed E-state index contributed by atoms with van der Waals surface area (Å²) >= 11 is 0. The summed E-state index contributed by atoms with van der Waals surface area (Å²) in [6.45, 7) is 3.69. The molecule has 0 bridgehead atoms. The van der Waals surface area contributed by atoms with Crippen LogP contribution in [0.25, 0.3) is 0 Å². The van der Waals surface area contributed by atoms with E-state index in [1.54, 1.807) is 6.92 Å². The number of nitro benzene ring substituents is 2. The van der Waals surface area contributed by atoms with E-state index in [0.717, 1.165) is 23.8 Å². The van der Waals surface area contributed by atoms with E-state index in [-0.39, 0.29) is 11.5 Å². The molecule has 0 aliphatic carbocycles. The molecule has 0 saturated carbocycles. The number of nitrogens with zero attached hydrogens (tertiary/aromatic N) is 2. The molecule has 26 heavy (non-hydrogen) atoms. The molecule has 136 valence electrons. The molecule has 8 nitrogen and oxygen atoms in total. The molecule has 0 heterocycles.